The molecule has 0 saturated heterocycles. The first-order valence-electron chi connectivity index (χ1n) is 5.46. The van der Waals surface area contributed by atoms with Crippen molar-refractivity contribution in [2.24, 2.45) is 5.73 Å². The van der Waals surface area contributed by atoms with Crippen LogP contribution >= 0.6 is 15.9 Å². The summed E-state index contributed by atoms with van der Waals surface area (Å²) in [6, 6.07) is 8.92. The Bertz CT molecular complexity index is 584. The lowest BCUT2D eigenvalue weighted by atomic mass is 9.97. The third kappa shape index (κ3) is 2.44. The summed E-state index contributed by atoms with van der Waals surface area (Å²) < 4.78 is 27.4. The average molecular weight is 312 g/mol. The number of aryl methyl sites for hydroxylation is 1. The van der Waals surface area contributed by atoms with Crippen LogP contribution < -0.4 is 5.73 Å². The number of nitrogens with two attached hydrogens (primary N) is 1. The van der Waals surface area contributed by atoms with Crippen LogP contribution in [0.4, 0.5) is 8.78 Å². The Morgan fingerprint density at radius 3 is 2.56 bits per heavy atom. The monoisotopic (exact) mass is 311 g/mol. The maximum atomic E-state index is 14.0. The highest BCUT2D eigenvalue weighted by Crippen LogP contribution is 2.26. The highest BCUT2D eigenvalue weighted by atomic mass is 79.9. The second-order valence-corrected chi connectivity index (χ2v) is 4.98. The van der Waals surface area contributed by atoms with Crippen molar-refractivity contribution in [3.05, 3.63) is 69.2 Å². The maximum absolute atomic E-state index is 14.0. The van der Waals surface area contributed by atoms with Crippen LogP contribution in [0.5, 0.6) is 0 Å². The number of hydrogen-bond donors (Lipinski definition) is 1. The molecule has 4 heteroatoms. The van der Waals surface area contributed by atoms with Crippen LogP contribution in [0.2, 0.25) is 0 Å². The molecule has 0 aliphatic rings. The van der Waals surface area contributed by atoms with Crippen molar-refractivity contribution in [3.8, 4) is 0 Å². The van der Waals surface area contributed by atoms with E-state index in [4.69, 9.17) is 5.73 Å². The fourth-order valence-electron chi connectivity index (χ4n) is 1.80. The van der Waals surface area contributed by atoms with E-state index in [9.17, 15) is 8.78 Å². The molecular formula is C14H12BrF2N. The summed E-state index contributed by atoms with van der Waals surface area (Å²) in [7, 11) is 0. The van der Waals surface area contributed by atoms with Gasteiger partial charge in [0.15, 0.2) is 0 Å². The van der Waals surface area contributed by atoms with Gasteiger partial charge >= 0.3 is 0 Å². The molecule has 2 rings (SSSR count). The molecule has 0 aromatic heterocycles. The molecule has 0 heterocycles. The van der Waals surface area contributed by atoms with Gasteiger partial charge in [0.2, 0.25) is 0 Å². The standard InChI is InChI=1S/C14H12BrF2N/c1-8-3-2-4-10(13(8)17)14(18)9-5-6-12(16)11(15)7-9/h2-7,14H,18H2,1H3. The second-order valence-electron chi connectivity index (χ2n) is 4.13. The molecule has 1 unspecified atom stereocenters. The van der Waals surface area contributed by atoms with E-state index in [1.54, 1.807) is 37.3 Å². The normalized spacial score (nSPS) is 12.5. The Balaban J connectivity index is 2.44. The minimum Gasteiger partial charge on any atom is -0.320 e. The summed E-state index contributed by atoms with van der Waals surface area (Å²) in [5, 5.41) is 0. The predicted molar refractivity (Wildman–Crippen MR) is 71.3 cm³/mol. The van der Waals surface area contributed by atoms with Gasteiger partial charge in [0, 0.05) is 5.56 Å². The molecule has 0 bridgehead atoms. The first-order chi connectivity index (χ1) is 8.50. The van der Waals surface area contributed by atoms with Gasteiger partial charge in [-0.3, -0.25) is 0 Å². The zero-order chi connectivity index (χ0) is 13.3. The quantitative estimate of drug-likeness (QED) is 0.888. The minimum atomic E-state index is -0.609. The molecule has 2 N–H and O–H groups in total. The van der Waals surface area contributed by atoms with Gasteiger partial charge in [0.1, 0.15) is 11.6 Å². The Labute approximate surface area is 113 Å². The lowest BCUT2D eigenvalue weighted by molar-refractivity contribution is 0.590. The molecule has 2 aromatic rings. The van der Waals surface area contributed by atoms with Crippen molar-refractivity contribution >= 4 is 15.9 Å². The van der Waals surface area contributed by atoms with Gasteiger partial charge in [-0.15, -0.1) is 0 Å². The topological polar surface area (TPSA) is 26.0 Å². The van der Waals surface area contributed by atoms with Gasteiger partial charge in [-0.1, -0.05) is 24.3 Å². The Kier molecular flexibility index (Phi) is 3.78. The van der Waals surface area contributed by atoms with E-state index in [-0.39, 0.29) is 11.6 Å². The summed E-state index contributed by atoms with van der Waals surface area (Å²) in [6.07, 6.45) is 0. The lowest BCUT2D eigenvalue weighted by Crippen LogP contribution is -2.14. The van der Waals surface area contributed by atoms with Crippen LogP contribution in [0.25, 0.3) is 0 Å². The van der Waals surface area contributed by atoms with Crippen molar-refractivity contribution in [2.75, 3.05) is 0 Å². The SMILES string of the molecule is Cc1cccc(C(N)c2ccc(F)c(Br)c2)c1F. The van der Waals surface area contributed by atoms with E-state index in [0.29, 0.717) is 21.2 Å². The van der Waals surface area contributed by atoms with Crippen molar-refractivity contribution in [1.29, 1.82) is 0 Å². The zero-order valence-electron chi connectivity index (χ0n) is 9.75. The van der Waals surface area contributed by atoms with Crippen LogP contribution in [0.3, 0.4) is 0 Å². The van der Waals surface area contributed by atoms with Crippen LogP contribution in [-0.2, 0) is 0 Å². The fourth-order valence-corrected chi connectivity index (χ4v) is 2.19. The smallest absolute Gasteiger partial charge is 0.137 e. The van der Waals surface area contributed by atoms with E-state index in [2.05, 4.69) is 15.9 Å². The zero-order valence-corrected chi connectivity index (χ0v) is 11.3. The van der Waals surface area contributed by atoms with Crippen molar-refractivity contribution in [3.63, 3.8) is 0 Å². The first kappa shape index (κ1) is 13.2. The minimum absolute atomic E-state index is 0.314. The van der Waals surface area contributed by atoms with E-state index in [0.717, 1.165) is 0 Å². The van der Waals surface area contributed by atoms with Crippen LogP contribution in [0, 0.1) is 18.6 Å². The third-order valence-electron chi connectivity index (χ3n) is 2.86. The summed E-state index contributed by atoms with van der Waals surface area (Å²) in [6.45, 7) is 1.69. The fraction of sp³-hybridized carbons (Fsp3) is 0.143. The number of benzene rings is 2. The van der Waals surface area contributed by atoms with E-state index in [1.807, 2.05) is 0 Å². The molecule has 0 aliphatic carbocycles. The van der Waals surface area contributed by atoms with E-state index < -0.39 is 6.04 Å². The van der Waals surface area contributed by atoms with Gasteiger partial charge in [-0.25, -0.2) is 8.78 Å². The van der Waals surface area contributed by atoms with Gasteiger partial charge in [-0.05, 0) is 46.1 Å². The largest absolute Gasteiger partial charge is 0.320 e. The van der Waals surface area contributed by atoms with Crippen molar-refractivity contribution < 1.29 is 8.78 Å². The first-order valence-corrected chi connectivity index (χ1v) is 6.25. The molecule has 0 saturated carbocycles. The Morgan fingerprint density at radius 2 is 1.89 bits per heavy atom. The van der Waals surface area contributed by atoms with E-state index >= 15 is 0 Å². The summed E-state index contributed by atoms with van der Waals surface area (Å²) in [4.78, 5) is 0. The summed E-state index contributed by atoms with van der Waals surface area (Å²) in [5.74, 6) is -0.680. The molecule has 18 heavy (non-hydrogen) atoms. The molecule has 2 aromatic carbocycles. The van der Waals surface area contributed by atoms with E-state index in [1.165, 1.54) is 6.07 Å². The number of halogens is 3. The number of rotatable bonds is 2. The summed E-state index contributed by atoms with van der Waals surface area (Å²) in [5.41, 5.74) is 7.64. The van der Waals surface area contributed by atoms with Crippen LogP contribution in [0.1, 0.15) is 22.7 Å². The second kappa shape index (κ2) is 5.16. The molecular weight excluding hydrogens is 300 g/mol. The van der Waals surface area contributed by atoms with Crippen LogP contribution in [0.15, 0.2) is 40.9 Å². The highest BCUT2D eigenvalue weighted by molar-refractivity contribution is 9.10. The summed E-state index contributed by atoms with van der Waals surface area (Å²) >= 11 is 3.10. The maximum Gasteiger partial charge on any atom is 0.137 e. The van der Waals surface area contributed by atoms with Gasteiger partial charge < -0.3 is 5.73 Å². The molecule has 0 spiro atoms. The molecule has 94 valence electrons. The molecule has 0 amide bonds. The molecule has 1 nitrogen and oxygen atoms in total. The molecule has 0 fully saturated rings. The van der Waals surface area contributed by atoms with Crippen molar-refractivity contribution in [2.45, 2.75) is 13.0 Å². The average Bonchev–Trinajstić information content (AvgIpc) is 2.35. The Hall–Kier alpha value is -1.26. The Morgan fingerprint density at radius 1 is 1.17 bits per heavy atom. The van der Waals surface area contributed by atoms with Gasteiger partial charge in [-0.2, -0.15) is 0 Å². The van der Waals surface area contributed by atoms with Gasteiger partial charge in [0.05, 0.1) is 10.5 Å². The lowest BCUT2D eigenvalue weighted by Gasteiger charge is -2.15. The van der Waals surface area contributed by atoms with Crippen LogP contribution in [-0.4, -0.2) is 0 Å². The molecule has 0 aliphatic heterocycles. The van der Waals surface area contributed by atoms with Crippen molar-refractivity contribution in [1.82, 2.24) is 0 Å². The third-order valence-corrected chi connectivity index (χ3v) is 3.47. The number of hydrogen-bond acceptors (Lipinski definition) is 1. The molecule has 0 radical (unpaired) electrons. The molecule has 1 atom stereocenters. The van der Waals surface area contributed by atoms with Gasteiger partial charge in [0.25, 0.3) is 0 Å². The predicted octanol–water partition coefficient (Wildman–Crippen LogP) is 4.08. The highest BCUT2D eigenvalue weighted by Gasteiger charge is 2.15.